The van der Waals surface area contributed by atoms with Crippen molar-refractivity contribution in [3.63, 3.8) is 0 Å². The number of anilines is 1. The van der Waals surface area contributed by atoms with E-state index >= 15 is 0 Å². The molecule has 1 amide bonds. The molecule has 1 N–H and O–H groups in total. The zero-order chi connectivity index (χ0) is 16.7. The van der Waals surface area contributed by atoms with Crippen molar-refractivity contribution >= 4 is 27.5 Å². The maximum absolute atomic E-state index is 12.1. The van der Waals surface area contributed by atoms with Gasteiger partial charge in [-0.2, -0.15) is 0 Å². The van der Waals surface area contributed by atoms with Crippen LogP contribution in [0.3, 0.4) is 0 Å². The molecular weight excluding hydrogens is 388 g/mol. The van der Waals surface area contributed by atoms with Crippen molar-refractivity contribution in [2.45, 2.75) is 26.8 Å². The van der Waals surface area contributed by atoms with Crippen LogP contribution in [0.15, 0.2) is 53.0 Å². The fourth-order valence-electron chi connectivity index (χ4n) is 2.40. The molecule has 2 rings (SSSR count). The molecular formula is C19H23BrClN2O-. The highest BCUT2D eigenvalue weighted by Crippen LogP contribution is 2.20. The number of aryl methyl sites for hydroxylation is 1. The van der Waals surface area contributed by atoms with Gasteiger partial charge in [0.05, 0.1) is 0 Å². The van der Waals surface area contributed by atoms with Gasteiger partial charge in [0.25, 0.3) is 0 Å². The van der Waals surface area contributed by atoms with Crippen LogP contribution >= 0.6 is 15.9 Å². The third kappa shape index (κ3) is 6.63. The van der Waals surface area contributed by atoms with E-state index in [1.807, 2.05) is 43.3 Å². The van der Waals surface area contributed by atoms with Crippen LogP contribution in [0.1, 0.15) is 24.5 Å². The third-order valence-corrected chi connectivity index (χ3v) is 4.68. The van der Waals surface area contributed by atoms with Crippen molar-refractivity contribution in [2.24, 2.45) is 0 Å². The van der Waals surface area contributed by atoms with Crippen molar-refractivity contribution in [3.8, 4) is 0 Å². The number of hydrogen-bond donors (Lipinski definition) is 1. The summed E-state index contributed by atoms with van der Waals surface area (Å²) in [5.74, 6) is 0.0539. The van der Waals surface area contributed by atoms with Gasteiger partial charge in [0.2, 0.25) is 5.91 Å². The van der Waals surface area contributed by atoms with E-state index < -0.39 is 0 Å². The van der Waals surface area contributed by atoms with Gasteiger partial charge in [-0.3, -0.25) is 9.69 Å². The van der Waals surface area contributed by atoms with Crippen molar-refractivity contribution in [1.29, 1.82) is 0 Å². The Bertz CT molecular complexity index is 649. The van der Waals surface area contributed by atoms with Crippen LogP contribution in [-0.2, 0) is 11.3 Å². The highest BCUT2D eigenvalue weighted by molar-refractivity contribution is 9.10. The summed E-state index contributed by atoms with van der Waals surface area (Å²) in [6.45, 7) is 6.70. The molecule has 24 heavy (non-hydrogen) atoms. The molecule has 0 atom stereocenters. The van der Waals surface area contributed by atoms with Gasteiger partial charge in [-0.05, 0) is 42.8 Å². The van der Waals surface area contributed by atoms with Gasteiger partial charge in [0.1, 0.15) is 0 Å². The number of hydrogen-bond acceptors (Lipinski definition) is 2. The van der Waals surface area contributed by atoms with E-state index in [9.17, 15) is 4.79 Å². The molecule has 5 heteroatoms. The molecule has 0 aliphatic heterocycles. The van der Waals surface area contributed by atoms with Gasteiger partial charge >= 0.3 is 0 Å². The lowest BCUT2D eigenvalue weighted by molar-refractivity contribution is -0.116. The summed E-state index contributed by atoms with van der Waals surface area (Å²) in [5.41, 5.74) is 3.24. The molecule has 3 nitrogen and oxygen atoms in total. The standard InChI is InChI=1S/C19H23BrN2O.ClH/c1-3-22(14-16-7-5-4-6-8-16)12-11-19(23)21-17-9-10-18(20)15(2)13-17;/h4-10,13H,3,11-12,14H2,1-2H3,(H,21,23);1H/p-1. The Morgan fingerprint density at radius 3 is 2.50 bits per heavy atom. The molecule has 0 unspecified atom stereocenters. The largest absolute Gasteiger partial charge is 1.00 e. The Morgan fingerprint density at radius 2 is 1.88 bits per heavy atom. The van der Waals surface area contributed by atoms with E-state index in [1.165, 1.54) is 5.56 Å². The lowest BCUT2D eigenvalue weighted by Gasteiger charge is -2.20. The Balaban J connectivity index is 0.00000288. The Morgan fingerprint density at radius 1 is 1.17 bits per heavy atom. The Hall–Kier alpha value is -1.36. The van der Waals surface area contributed by atoms with Crippen LogP contribution in [0, 0.1) is 6.92 Å². The van der Waals surface area contributed by atoms with Crippen LogP contribution in [0.25, 0.3) is 0 Å². The quantitative estimate of drug-likeness (QED) is 0.752. The van der Waals surface area contributed by atoms with Gasteiger partial charge < -0.3 is 17.7 Å². The maximum atomic E-state index is 12.1. The van der Waals surface area contributed by atoms with E-state index in [4.69, 9.17) is 0 Å². The highest BCUT2D eigenvalue weighted by atomic mass is 79.9. The molecule has 0 saturated heterocycles. The summed E-state index contributed by atoms with van der Waals surface area (Å²) in [5, 5.41) is 2.97. The van der Waals surface area contributed by atoms with E-state index in [2.05, 4.69) is 45.2 Å². The first kappa shape index (κ1) is 20.7. The third-order valence-electron chi connectivity index (χ3n) is 3.79. The average molecular weight is 411 g/mol. The Kier molecular flexibility index (Phi) is 9.04. The van der Waals surface area contributed by atoms with Gasteiger partial charge in [0.15, 0.2) is 0 Å². The molecule has 0 aromatic heterocycles. The van der Waals surface area contributed by atoms with Crippen molar-refractivity contribution in [1.82, 2.24) is 4.90 Å². The van der Waals surface area contributed by atoms with Crippen LogP contribution in [0.2, 0.25) is 0 Å². The minimum absolute atomic E-state index is 0. The number of carbonyl (C=O) groups is 1. The second-order valence-electron chi connectivity index (χ2n) is 5.62. The Labute approximate surface area is 159 Å². The smallest absolute Gasteiger partial charge is 0.225 e. The summed E-state index contributed by atoms with van der Waals surface area (Å²) in [6, 6.07) is 16.2. The van der Waals surface area contributed by atoms with Crippen LogP contribution in [0.4, 0.5) is 5.69 Å². The molecule has 130 valence electrons. The van der Waals surface area contributed by atoms with Crippen molar-refractivity contribution in [3.05, 3.63) is 64.1 Å². The number of nitrogens with zero attached hydrogens (tertiary/aromatic N) is 1. The van der Waals surface area contributed by atoms with Crippen molar-refractivity contribution in [2.75, 3.05) is 18.4 Å². The van der Waals surface area contributed by atoms with Crippen molar-refractivity contribution < 1.29 is 17.2 Å². The first-order valence-corrected chi connectivity index (χ1v) is 8.70. The number of rotatable bonds is 7. The molecule has 2 aromatic rings. The molecule has 0 saturated carbocycles. The molecule has 0 radical (unpaired) electrons. The first-order valence-electron chi connectivity index (χ1n) is 7.90. The number of amides is 1. The van der Waals surface area contributed by atoms with Crippen LogP contribution in [-0.4, -0.2) is 23.9 Å². The molecule has 0 aliphatic rings. The van der Waals surface area contributed by atoms with E-state index in [0.717, 1.165) is 35.4 Å². The SMILES string of the molecule is CCN(CCC(=O)Nc1ccc(Br)c(C)c1)Cc1ccccc1.[Cl-]. The normalized spacial score (nSPS) is 10.3. The predicted molar refractivity (Wildman–Crippen MR) is 99.5 cm³/mol. The maximum Gasteiger partial charge on any atom is 0.225 e. The molecule has 0 bridgehead atoms. The van der Waals surface area contributed by atoms with Gasteiger partial charge in [-0.25, -0.2) is 0 Å². The lowest BCUT2D eigenvalue weighted by atomic mass is 10.2. The molecule has 0 spiro atoms. The second-order valence-corrected chi connectivity index (χ2v) is 6.47. The molecule has 0 heterocycles. The number of benzene rings is 2. The monoisotopic (exact) mass is 409 g/mol. The highest BCUT2D eigenvalue weighted by Gasteiger charge is 2.08. The lowest BCUT2D eigenvalue weighted by Crippen LogP contribution is -3.00. The van der Waals surface area contributed by atoms with Crippen LogP contribution < -0.4 is 17.7 Å². The summed E-state index contributed by atoms with van der Waals surface area (Å²) in [4.78, 5) is 14.4. The van der Waals surface area contributed by atoms with Gasteiger partial charge in [0, 0.05) is 29.7 Å². The summed E-state index contributed by atoms with van der Waals surface area (Å²) < 4.78 is 1.05. The number of halogens is 2. The molecule has 0 aliphatic carbocycles. The summed E-state index contributed by atoms with van der Waals surface area (Å²) >= 11 is 3.47. The fraction of sp³-hybridized carbons (Fsp3) is 0.316. The number of carbonyl (C=O) groups excluding carboxylic acids is 1. The zero-order valence-corrected chi connectivity index (χ0v) is 16.4. The summed E-state index contributed by atoms with van der Waals surface area (Å²) in [6.07, 6.45) is 0.496. The summed E-state index contributed by atoms with van der Waals surface area (Å²) in [7, 11) is 0. The van der Waals surface area contributed by atoms with E-state index in [0.29, 0.717) is 6.42 Å². The number of nitrogens with one attached hydrogen (secondary N) is 1. The average Bonchev–Trinajstić information content (AvgIpc) is 2.56. The minimum Gasteiger partial charge on any atom is -1.00 e. The van der Waals surface area contributed by atoms with E-state index in [1.54, 1.807) is 0 Å². The molecule has 2 aromatic carbocycles. The topological polar surface area (TPSA) is 32.3 Å². The predicted octanol–water partition coefficient (Wildman–Crippen LogP) is 1.61. The minimum atomic E-state index is 0. The zero-order valence-electron chi connectivity index (χ0n) is 14.1. The first-order chi connectivity index (χ1) is 11.1. The van der Waals surface area contributed by atoms with Crippen LogP contribution in [0.5, 0.6) is 0 Å². The second kappa shape index (κ2) is 10.5. The fourth-order valence-corrected chi connectivity index (χ4v) is 2.64. The van der Waals surface area contributed by atoms with Gasteiger partial charge in [-0.15, -0.1) is 0 Å². The molecule has 0 fully saturated rings. The van der Waals surface area contributed by atoms with E-state index in [-0.39, 0.29) is 18.3 Å². The van der Waals surface area contributed by atoms with Gasteiger partial charge in [-0.1, -0.05) is 53.2 Å².